The van der Waals surface area contributed by atoms with E-state index in [0.717, 1.165) is 12.1 Å². The molecule has 0 bridgehead atoms. The van der Waals surface area contributed by atoms with Crippen molar-refractivity contribution in [2.45, 2.75) is 0 Å². The lowest BCUT2D eigenvalue weighted by Gasteiger charge is -2.12. The molecule has 0 amide bonds. The molecule has 1 aliphatic heterocycles. The third-order valence-corrected chi connectivity index (χ3v) is 4.22. The van der Waals surface area contributed by atoms with Gasteiger partial charge in [0, 0.05) is 29.7 Å². The Bertz CT molecular complexity index is 964. The van der Waals surface area contributed by atoms with Crippen molar-refractivity contribution in [3.05, 3.63) is 84.7 Å². The van der Waals surface area contributed by atoms with Crippen molar-refractivity contribution < 1.29 is 14.6 Å². The molecule has 1 fully saturated rings. The van der Waals surface area contributed by atoms with Crippen LogP contribution in [0.3, 0.4) is 0 Å². The van der Waals surface area contributed by atoms with Crippen LogP contribution in [0.4, 0.5) is 11.4 Å². The van der Waals surface area contributed by atoms with Crippen LogP contribution in [0.1, 0.15) is 15.9 Å². The van der Waals surface area contributed by atoms with Gasteiger partial charge in [-0.05, 0) is 30.3 Å². The zero-order chi connectivity index (χ0) is 19.6. The highest BCUT2D eigenvalue weighted by Gasteiger charge is 2.29. The van der Waals surface area contributed by atoms with Gasteiger partial charge in [-0.3, -0.25) is 25.0 Å². The minimum Gasteiger partial charge on any atom is -0.370 e. The van der Waals surface area contributed by atoms with Crippen LogP contribution in [-0.2, 0) is 0 Å². The lowest BCUT2D eigenvalue weighted by atomic mass is 9.95. The van der Waals surface area contributed by atoms with Crippen LogP contribution < -0.4 is 10.6 Å². The highest BCUT2D eigenvalue weighted by Crippen LogP contribution is 2.33. The van der Waals surface area contributed by atoms with Crippen LogP contribution in [0.15, 0.2) is 48.3 Å². The summed E-state index contributed by atoms with van der Waals surface area (Å²) in [7, 11) is 0. The molecule has 0 radical (unpaired) electrons. The number of nitrogens with zero attached hydrogens (tertiary/aromatic N) is 2. The zero-order valence-electron chi connectivity index (χ0n) is 13.8. The highest BCUT2D eigenvalue weighted by atomic mass is 35.5. The molecule has 0 aromatic heterocycles. The molecule has 138 valence electrons. The van der Waals surface area contributed by atoms with Gasteiger partial charge < -0.3 is 10.6 Å². The average molecular weight is 389 g/mol. The van der Waals surface area contributed by atoms with E-state index < -0.39 is 27.0 Å². The number of non-ortho nitro benzene ring substituents is 1. The molecular weight excluding hydrogens is 376 g/mol. The summed E-state index contributed by atoms with van der Waals surface area (Å²) in [6, 6.07) is 9.30. The Kier molecular flexibility index (Phi) is 5.04. The molecule has 2 aromatic rings. The molecule has 1 saturated heterocycles. The van der Waals surface area contributed by atoms with Gasteiger partial charge in [0.1, 0.15) is 5.82 Å². The van der Waals surface area contributed by atoms with E-state index >= 15 is 0 Å². The fourth-order valence-corrected chi connectivity index (χ4v) is 2.85. The number of hydrogen-bond donors (Lipinski definition) is 2. The molecule has 0 spiro atoms. The number of rotatable bonds is 5. The third kappa shape index (κ3) is 3.72. The van der Waals surface area contributed by atoms with Gasteiger partial charge in [0.25, 0.3) is 11.4 Å². The van der Waals surface area contributed by atoms with Crippen LogP contribution in [-0.4, -0.2) is 28.7 Å². The summed E-state index contributed by atoms with van der Waals surface area (Å²) in [5.74, 6) is -0.132. The van der Waals surface area contributed by atoms with Gasteiger partial charge in [-0.1, -0.05) is 11.6 Å². The number of nitro benzene ring substituents is 2. The number of carbonyl (C=O) groups excluding carboxylic acids is 1. The number of ketones is 1. The molecule has 0 saturated carbocycles. The molecule has 1 heterocycles. The first-order valence-electron chi connectivity index (χ1n) is 7.84. The number of carbonyl (C=O) groups is 1. The number of nitro groups is 2. The lowest BCUT2D eigenvalue weighted by Crippen LogP contribution is -2.18. The molecule has 27 heavy (non-hydrogen) atoms. The third-order valence-electron chi connectivity index (χ3n) is 3.97. The summed E-state index contributed by atoms with van der Waals surface area (Å²) in [4.78, 5) is 34.1. The van der Waals surface area contributed by atoms with Gasteiger partial charge in [-0.25, -0.2) is 0 Å². The summed E-state index contributed by atoms with van der Waals surface area (Å²) in [5, 5.41) is 28.9. The predicted molar refractivity (Wildman–Crippen MR) is 98.5 cm³/mol. The van der Waals surface area contributed by atoms with Crippen molar-refractivity contribution >= 4 is 34.3 Å². The fourth-order valence-electron chi connectivity index (χ4n) is 2.73. The molecule has 3 rings (SSSR count). The lowest BCUT2D eigenvalue weighted by molar-refractivity contribution is -0.394. The first kappa shape index (κ1) is 18.3. The Morgan fingerprint density at radius 3 is 2.15 bits per heavy atom. The van der Waals surface area contributed by atoms with Crippen molar-refractivity contribution in [1.82, 2.24) is 10.6 Å². The molecule has 1 aliphatic rings. The summed E-state index contributed by atoms with van der Waals surface area (Å²) in [6.45, 7) is 1.07. The number of allylic oxidation sites excluding steroid dienone is 1. The van der Waals surface area contributed by atoms with Crippen LogP contribution in [0, 0.1) is 20.2 Å². The molecular formula is C17H13ClN4O5. The van der Waals surface area contributed by atoms with Crippen LogP contribution in [0.25, 0.3) is 5.57 Å². The number of Topliss-reactive ketones (excluding diaryl/α,β-unsaturated/α-hetero) is 1. The Morgan fingerprint density at radius 1 is 0.963 bits per heavy atom. The molecule has 2 N–H and O–H groups in total. The normalized spacial score (nSPS) is 12.9. The van der Waals surface area contributed by atoms with Gasteiger partial charge in [0.05, 0.1) is 27.0 Å². The Morgan fingerprint density at radius 2 is 1.59 bits per heavy atom. The SMILES string of the molecule is O=C(C(=C1NCCN1)c1ccc([N+](=O)[O-])cc1[N+](=O)[O-])c1ccc(Cl)cc1. The zero-order valence-corrected chi connectivity index (χ0v) is 14.5. The quantitative estimate of drug-likeness (QED) is 0.349. The van der Waals surface area contributed by atoms with Crippen molar-refractivity contribution in [1.29, 1.82) is 0 Å². The van der Waals surface area contributed by atoms with Gasteiger partial charge in [0.15, 0.2) is 5.78 Å². The molecule has 10 heteroatoms. The van der Waals surface area contributed by atoms with Crippen molar-refractivity contribution in [3.63, 3.8) is 0 Å². The van der Waals surface area contributed by atoms with Crippen molar-refractivity contribution in [3.8, 4) is 0 Å². The second kappa shape index (κ2) is 7.42. The number of halogens is 1. The number of nitrogens with one attached hydrogen (secondary N) is 2. The molecule has 0 unspecified atom stereocenters. The van der Waals surface area contributed by atoms with Gasteiger partial charge in [0.2, 0.25) is 0 Å². The van der Waals surface area contributed by atoms with E-state index in [2.05, 4.69) is 10.6 Å². The van der Waals surface area contributed by atoms with Gasteiger partial charge >= 0.3 is 0 Å². The Labute approximate surface area is 157 Å². The van der Waals surface area contributed by atoms with Crippen LogP contribution in [0.2, 0.25) is 5.02 Å². The van der Waals surface area contributed by atoms with E-state index in [1.807, 2.05) is 0 Å². The van der Waals surface area contributed by atoms with Gasteiger partial charge in [-0.15, -0.1) is 0 Å². The fraction of sp³-hybridized carbons (Fsp3) is 0.118. The van der Waals surface area contributed by atoms with E-state index in [4.69, 9.17) is 11.6 Å². The van der Waals surface area contributed by atoms with E-state index in [0.29, 0.717) is 23.9 Å². The molecule has 0 atom stereocenters. The average Bonchev–Trinajstić information content (AvgIpc) is 3.16. The van der Waals surface area contributed by atoms with Crippen molar-refractivity contribution in [2.75, 3.05) is 13.1 Å². The summed E-state index contributed by atoms with van der Waals surface area (Å²) in [6.07, 6.45) is 0. The summed E-state index contributed by atoms with van der Waals surface area (Å²) in [5.41, 5.74) is -0.644. The van der Waals surface area contributed by atoms with Crippen molar-refractivity contribution in [2.24, 2.45) is 0 Å². The molecule has 9 nitrogen and oxygen atoms in total. The predicted octanol–water partition coefficient (Wildman–Crippen LogP) is 2.90. The standard InChI is InChI=1S/C17H13ClN4O5/c18-11-3-1-10(2-4-11)16(23)15(17-19-7-8-20-17)13-6-5-12(21(24)25)9-14(13)22(26)27/h1-6,9,19-20H,7-8H2. The molecule has 2 aromatic carbocycles. The monoisotopic (exact) mass is 388 g/mol. The maximum atomic E-state index is 13.1. The maximum Gasteiger partial charge on any atom is 0.284 e. The second-order valence-corrected chi connectivity index (χ2v) is 6.09. The van der Waals surface area contributed by atoms with E-state index in [1.54, 1.807) is 0 Å². The smallest absolute Gasteiger partial charge is 0.284 e. The van der Waals surface area contributed by atoms with E-state index in [9.17, 15) is 25.0 Å². The van der Waals surface area contributed by atoms with Gasteiger partial charge in [-0.2, -0.15) is 0 Å². The second-order valence-electron chi connectivity index (χ2n) is 5.66. The largest absolute Gasteiger partial charge is 0.370 e. The first-order valence-corrected chi connectivity index (χ1v) is 8.22. The molecule has 0 aliphatic carbocycles. The van der Waals surface area contributed by atoms with E-state index in [1.165, 1.54) is 30.3 Å². The summed E-state index contributed by atoms with van der Waals surface area (Å²) < 4.78 is 0. The number of benzene rings is 2. The minimum atomic E-state index is -0.743. The van der Waals surface area contributed by atoms with Crippen LogP contribution in [0.5, 0.6) is 0 Å². The van der Waals surface area contributed by atoms with E-state index in [-0.39, 0.29) is 16.7 Å². The topological polar surface area (TPSA) is 127 Å². The number of hydrogen-bond acceptors (Lipinski definition) is 7. The van der Waals surface area contributed by atoms with Crippen LogP contribution >= 0.6 is 11.6 Å². The highest BCUT2D eigenvalue weighted by molar-refractivity contribution is 6.32. The maximum absolute atomic E-state index is 13.1. The Balaban J connectivity index is 2.19. The minimum absolute atomic E-state index is 0.0116. The summed E-state index contributed by atoms with van der Waals surface area (Å²) >= 11 is 5.85. The first-order chi connectivity index (χ1) is 12.9. The Hall–Kier alpha value is -3.46.